The van der Waals surface area contributed by atoms with Gasteiger partial charge in [0, 0.05) is 34.6 Å². The number of hydrogen-bond acceptors (Lipinski definition) is 3. The lowest BCUT2D eigenvalue weighted by atomic mass is 9.80. The number of nitrogens with zero attached hydrogens (tertiary/aromatic N) is 1. The number of aryl methyl sites for hydroxylation is 1. The van der Waals surface area contributed by atoms with Crippen LogP contribution < -0.4 is 4.74 Å². The van der Waals surface area contributed by atoms with Gasteiger partial charge in [0.15, 0.2) is 5.60 Å². The molecule has 0 atom stereocenters. The molecule has 0 amide bonds. The summed E-state index contributed by atoms with van der Waals surface area (Å²) in [4.78, 5) is 12.2. The van der Waals surface area contributed by atoms with Gasteiger partial charge in [0.1, 0.15) is 11.4 Å². The molecule has 0 spiro atoms. The van der Waals surface area contributed by atoms with Crippen LogP contribution in [0.5, 0.6) is 5.75 Å². The average Bonchev–Trinajstić information content (AvgIpc) is 3.24. The minimum Gasteiger partial charge on any atom is -0.473 e. The van der Waals surface area contributed by atoms with Crippen LogP contribution in [0.25, 0.3) is 10.9 Å². The lowest BCUT2D eigenvalue weighted by Crippen LogP contribution is -2.36. The number of methoxy groups -OCH3 is 1. The minimum absolute atomic E-state index is 0.367. The number of carbonyl (C=O) groups is 1. The van der Waals surface area contributed by atoms with E-state index in [1.807, 2.05) is 90.5 Å². The molecule has 0 unspecified atom stereocenters. The lowest BCUT2D eigenvalue weighted by Gasteiger charge is -2.36. The molecule has 4 nitrogen and oxygen atoms in total. The number of rotatable bonds is 6. The van der Waals surface area contributed by atoms with Gasteiger partial charge in [0.05, 0.1) is 7.11 Å². The van der Waals surface area contributed by atoms with Crippen molar-refractivity contribution in [3.05, 3.63) is 138 Å². The van der Waals surface area contributed by atoms with Crippen molar-refractivity contribution < 1.29 is 14.3 Å². The normalized spacial score (nSPS) is 11.4. The van der Waals surface area contributed by atoms with Crippen LogP contribution in [0.1, 0.15) is 27.2 Å². The Morgan fingerprint density at radius 2 is 1.21 bits per heavy atom. The van der Waals surface area contributed by atoms with Crippen LogP contribution in [0.3, 0.4) is 0 Å². The first-order valence-electron chi connectivity index (χ1n) is 11.2. The Hall–Kier alpha value is -4.31. The number of aromatic nitrogens is 1. The van der Waals surface area contributed by atoms with Gasteiger partial charge in [-0.25, -0.2) is 4.79 Å². The highest BCUT2D eigenvalue weighted by atomic mass is 16.5. The van der Waals surface area contributed by atoms with E-state index in [9.17, 15) is 4.79 Å². The smallest absolute Gasteiger partial charge is 0.354 e. The number of esters is 1. The fourth-order valence-corrected chi connectivity index (χ4v) is 4.56. The van der Waals surface area contributed by atoms with E-state index in [2.05, 4.69) is 36.4 Å². The molecule has 5 aromatic rings. The quantitative estimate of drug-likeness (QED) is 0.225. The van der Waals surface area contributed by atoms with E-state index in [4.69, 9.17) is 9.47 Å². The maximum atomic E-state index is 12.2. The highest BCUT2D eigenvalue weighted by Gasteiger charge is 2.39. The minimum atomic E-state index is -0.864. The zero-order valence-electron chi connectivity index (χ0n) is 19.1. The highest BCUT2D eigenvalue weighted by Crippen LogP contribution is 2.41. The predicted octanol–water partition coefficient (Wildman–Crippen LogP) is 6.34. The van der Waals surface area contributed by atoms with Gasteiger partial charge in [-0.05, 0) is 24.3 Å². The monoisotopic (exact) mass is 447 g/mol. The predicted molar refractivity (Wildman–Crippen MR) is 134 cm³/mol. The van der Waals surface area contributed by atoms with E-state index in [0.717, 1.165) is 27.6 Å². The van der Waals surface area contributed by atoms with Crippen LogP contribution in [-0.2, 0) is 17.4 Å². The molecule has 4 heteroatoms. The largest absolute Gasteiger partial charge is 0.473 e. The zero-order chi connectivity index (χ0) is 23.5. The summed E-state index contributed by atoms with van der Waals surface area (Å²) in [6.07, 6.45) is 0. The zero-order valence-corrected chi connectivity index (χ0v) is 19.1. The third-order valence-electron chi connectivity index (χ3n) is 6.22. The molecule has 0 fully saturated rings. The van der Waals surface area contributed by atoms with E-state index >= 15 is 0 Å². The van der Waals surface area contributed by atoms with Gasteiger partial charge in [0.2, 0.25) is 0 Å². The molecule has 4 aromatic carbocycles. The summed E-state index contributed by atoms with van der Waals surface area (Å²) in [5.74, 6) is 0.333. The molecule has 0 N–H and O–H groups in total. The first-order chi connectivity index (χ1) is 16.6. The molecule has 0 radical (unpaired) electrons. The third-order valence-corrected chi connectivity index (χ3v) is 6.22. The first-order valence-corrected chi connectivity index (χ1v) is 11.2. The Bertz CT molecular complexity index is 1330. The molecule has 0 aliphatic carbocycles. The number of carbonyl (C=O) groups excluding carboxylic acids is 1. The van der Waals surface area contributed by atoms with E-state index in [0.29, 0.717) is 11.4 Å². The number of hydrogen-bond donors (Lipinski definition) is 0. The summed E-state index contributed by atoms with van der Waals surface area (Å²) < 4.78 is 13.8. The summed E-state index contributed by atoms with van der Waals surface area (Å²) >= 11 is 0. The first kappa shape index (κ1) is 21.5. The number of benzene rings is 4. The summed E-state index contributed by atoms with van der Waals surface area (Å²) in [7, 11) is 3.25. The number of fused-ring (bicyclic) bond motifs is 1. The maximum absolute atomic E-state index is 12.2. The topological polar surface area (TPSA) is 40.5 Å². The second kappa shape index (κ2) is 8.91. The van der Waals surface area contributed by atoms with Crippen molar-refractivity contribution in [3.8, 4) is 5.75 Å². The number of ether oxygens (including phenoxy) is 2. The molecule has 0 saturated carbocycles. The van der Waals surface area contributed by atoms with Crippen LogP contribution in [0.2, 0.25) is 0 Å². The van der Waals surface area contributed by atoms with E-state index < -0.39 is 5.60 Å². The second-order valence-electron chi connectivity index (χ2n) is 8.18. The molecule has 0 aliphatic heterocycles. The lowest BCUT2D eigenvalue weighted by molar-refractivity contribution is 0.0590. The fraction of sp³-hybridized carbons (Fsp3) is 0.100. The van der Waals surface area contributed by atoms with Crippen LogP contribution in [0, 0.1) is 0 Å². The SMILES string of the molecule is COC(=O)c1cc2cc(OC(c3ccccc3)(c3ccccc3)c3ccccc3)ccc2n1C. The van der Waals surface area contributed by atoms with Gasteiger partial charge < -0.3 is 14.0 Å². The summed E-state index contributed by atoms with van der Waals surface area (Å²) in [5, 5.41) is 0.906. The molecule has 1 heterocycles. The Labute approximate surface area is 199 Å². The van der Waals surface area contributed by atoms with Crippen LogP contribution >= 0.6 is 0 Å². The Balaban J connectivity index is 1.72. The molecule has 1 aromatic heterocycles. The highest BCUT2D eigenvalue weighted by molar-refractivity contribution is 5.96. The van der Waals surface area contributed by atoms with Gasteiger partial charge >= 0.3 is 5.97 Å². The van der Waals surface area contributed by atoms with Crippen LogP contribution in [0.4, 0.5) is 0 Å². The maximum Gasteiger partial charge on any atom is 0.354 e. The van der Waals surface area contributed by atoms with Crippen LogP contribution in [-0.4, -0.2) is 17.6 Å². The molecule has 0 saturated heterocycles. The summed E-state index contributed by atoms with van der Waals surface area (Å²) in [6.45, 7) is 0. The molecule has 168 valence electrons. The van der Waals surface area contributed by atoms with Crippen molar-refractivity contribution in [1.29, 1.82) is 0 Å². The Morgan fingerprint density at radius 3 is 1.68 bits per heavy atom. The van der Waals surface area contributed by atoms with Crippen molar-refractivity contribution in [3.63, 3.8) is 0 Å². The average molecular weight is 448 g/mol. The van der Waals surface area contributed by atoms with Gasteiger partial charge in [-0.2, -0.15) is 0 Å². The molecular formula is C30H25NO3. The fourth-order valence-electron chi connectivity index (χ4n) is 4.56. The van der Waals surface area contributed by atoms with E-state index in [1.165, 1.54) is 7.11 Å². The van der Waals surface area contributed by atoms with Crippen LogP contribution in [0.15, 0.2) is 115 Å². The molecular weight excluding hydrogens is 422 g/mol. The standard InChI is InChI=1S/C30H25NO3/c1-31-27-19-18-26(20-22(27)21-28(31)29(32)33-2)34-30(23-12-6-3-7-13-23,24-14-8-4-9-15-24)25-16-10-5-11-17-25/h3-21H,1-2H3. The Kier molecular flexibility index (Phi) is 5.64. The van der Waals surface area contributed by atoms with Gasteiger partial charge in [0.25, 0.3) is 0 Å². The van der Waals surface area contributed by atoms with E-state index in [-0.39, 0.29) is 5.97 Å². The van der Waals surface area contributed by atoms with Gasteiger partial charge in [-0.1, -0.05) is 91.0 Å². The molecule has 0 bridgehead atoms. The van der Waals surface area contributed by atoms with Crippen molar-refractivity contribution in [2.75, 3.05) is 7.11 Å². The van der Waals surface area contributed by atoms with Crippen molar-refractivity contribution in [1.82, 2.24) is 4.57 Å². The molecule has 34 heavy (non-hydrogen) atoms. The Morgan fingerprint density at radius 1 is 0.706 bits per heavy atom. The summed E-state index contributed by atoms with van der Waals surface area (Å²) in [5.41, 5.74) is 3.63. The van der Waals surface area contributed by atoms with E-state index in [1.54, 1.807) is 0 Å². The van der Waals surface area contributed by atoms with Crippen molar-refractivity contribution in [2.24, 2.45) is 7.05 Å². The van der Waals surface area contributed by atoms with Gasteiger partial charge in [-0.15, -0.1) is 0 Å². The second-order valence-corrected chi connectivity index (χ2v) is 8.18. The molecule has 5 rings (SSSR count). The summed E-state index contributed by atoms with van der Waals surface area (Å²) in [6, 6.07) is 38.5. The van der Waals surface area contributed by atoms with Crippen molar-refractivity contribution >= 4 is 16.9 Å². The van der Waals surface area contributed by atoms with Gasteiger partial charge in [-0.3, -0.25) is 0 Å². The molecule has 0 aliphatic rings. The third kappa shape index (κ3) is 3.63. The van der Waals surface area contributed by atoms with Crippen molar-refractivity contribution in [2.45, 2.75) is 5.60 Å².